The van der Waals surface area contributed by atoms with Gasteiger partial charge < -0.3 is 10.6 Å². The van der Waals surface area contributed by atoms with Crippen molar-refractivity contribution in [2.24, 2.45) is 17.6 Å². The molecule has 120 valence electrons. The average Bonchev–Trinajstić information content (AvgIpc) is 2.34. The first-order chi connectivity index (χ1) is 9.79. The van der Waals surface area contributed by atoms with Crippen molar-refractivity contribution in [1.29, 1.82) is 0 Å². The predicted octanol–water partition coefficient (Wildman–Crippen LogP) is 5.11. The van der Waals surface area contributed by atoms with Crippen molar-refractivity contribution in [3.8, 4) is 0 Å². The topological polar surface area (TPSA) is 29.3 Å². The number of hydrogen-bond donors (Lipinski definition) is 1. The molecule has 0 radical (unpaired) electrons. The Kier molecular flexibility index (Phi) is 8.25. The van der Waals surface area contributed by atoms with Crippen LogP contribution in [0.3, 0.4) is 0 Å². The van der Waals surface area contributed by atoms with Crippen molar-refractivity contribution >= 4 is 27.5 Å². The number of hydrogen-bond acceptors (Lipinski definition) is 2. The van der Waals surface area contributed by atoms with Gasteiger partial charge in [0, 0.05) is 28.6 Å². The molecular formula is C17H28BrClN2. The third kappa shape index (κ3) is 7.14. The minimum absolute atomic E-state index is 0.00701. The highest BCUT2D eigenvalue weighted by Gasteiger charge is 2.14. The van der Waals surface area contributed by atoms with E-state index in [-0.39, 0.29) is 6.04 Å². The summed E-state index contributed by atoms with van der Waals surface area (Å²) in [5.74, 6) is 1.35. The van der Waals surface area contributed by atoms with Crippen LogP contribution in [0.1, 0.15) is 45.7 Å². The van der Waals surface area contributed by atoms with E-state index in [0.29, 0.717) is 11.8 Å². The van der Waals surface area contributed by atoms with Gasteiger partial charge in [0.1, 0.15) is 0 Å². The van der Waals surface area contributed by atoms with E-state index in [9.17, 15) is 0 Å². The molecule has 0 aliphatic carbocycles. The van der Waals surface area contributed by atoms with E-state index in [0.717, 1.165) is 41.1 Å². The van der Waals surface area contributed by atoms with Crippen molar-refractivity contribution in [3.05, 3.63) is 33.3 Å². The summed E-state index contributed by atoms with van der Waals surface area (Å²) in [5.41, 5.74) is 7.37. The minimum Gasteiger partial charge on any atom is -0.324 e. The third-order valence-corrected chi connectivity index (χ3v) is 4.19. The maximum Gasteiger partial charge on any atom is 0.0464 e. The largest absolute Gasteiger partial charge is 0.324 e. The molecule has 0 amide bonds. The van der Waals surface area contributed by atoms with Crippen molar-refractivity contribution < 1.29 is 0 Å². The molecule has 0 bridgehead atoms. The van der Waals surface area contributed by atoms with E-state index < -0.39 is 0 Å². The molecule has 0 fully saturated rings. The lowest BCUT2D eigenvalue weighted by atomic mass is 10.0. The molecule has 21 heavy (non-hydrogen) atoms. The fourth-order valence-electron chi connectivity index (χ4n) is 2.57. The molecular weight excluding hydrogens is 348 g/mol. The van der Waals surface area contributed by atoms with Crippen LogP contribution in [-0.4, -0.2) is 24.5 Å². The fourth-order valence-corrected chi connectivity index (χ4v) is 3.38. The molecule has 0 heterocycles. The Balaban J connectivity index is 2.61. The molecule has 0 aliphatic rings. The van der Waals surface area contributed by atoms with Gasteiger partial charge in [0.25, 0.3) is 0 Å². The SMILES string of the molecule is CC(C)CN(CCC(N)c1ccc(Br)cc1Cl)CC(C)C. The second-order valence-corrected chi connectivity index (χ2v) is 7.93. The Hall–Kier alpha value is -0.0900. The number of nitrogens with two attached hydrogens (primary N) is 1. The van der Waals surface area contributed by atoms with Crippen LogP contribution in [0.25, 0.3) is 0 Å². The second-order valence-electron chi connectivity index (χ2n) is 6.61. The van der Waals surface area contributed by atoms with Crippen LogP contribution in [-0.2, 0) is 0 Å². The van der Waals surface area contributed by atoms with Crippen molar-refractivity contribution in [2.75, 3.05) is 19.6 Å². The molecule has 0 aromatic heterocycles. The minimum atomic E-state index is -0.00701. The van der Waals surface area contributed by atoms with Gasteiger partial charge in [0.05, 0.1) is 0 Å². The van der Waals surface area contributed by atoms with Crippen molar-refractivity contribution in [1.82, 2.24) is 4.90 Å². The molecule has 4 heteroatoms. The Morgan fingerprint density at radius 1 is 1.14 bits per heavy atom. The van der Waals surface area contributed by atoms with Gasteiger partial charge >= 0.3 is 0 Å². The number of rotatable bonds is 8. The number of benzene rings is 1. The zero-order chi connectivity index (χ0) is 16.0. The first-order valence-corrected chi connectivity index (χ1v) is 8.89. The molecule has 1 atom stereocenters. The van der Waals surface area contributed by atoms with Gasteiger partial charge in [-0.1, -0.05) is 61.3 Å². The van der Waals surface area contributed by atoms with Crippen molar-refractivity contribution in [3.63, 3.8) is 0 Å². The van der Waals surface area contributed by atoms with Gasteiger partial charge in [-0.3, -0.25) is 0 Å². The van der Waals surface area contributed by atoms with Gasteiger partial charge in [-0.05, 0) is 42.5 Å². The van der Waals surface area contributed by atoms with Crippen LogP contribution in [0.15, 0.2) is 22.7 Å². The highest BCUT2D eigenvalue weighted by molar-refractivity contribution is 9.10. The van der Waals surface area contributed by atoms with Crippen LogP contribution >= 0.6 is 27.5 Å². The zero-order valence-corrected chi connectivity index (χ0v) is 15.9. The summed E-state index contributed by atoms with van der Waals surface area (Å²) in [4.78, 5) is 2.52. The molecule has 0 aliphatic heterocycles. The lowest BCUT2D eigenvalue weighted by Crippen LogP contribution is -2.33. The number of halogens is 2. The lowest BCUT2D eigenvalue weighted by Gasteiger charge is -2.27. The van der Waals surface area contributed by atoms with E-state index in [1.54, 1.807) is 0 Å². The van der Waals surface area contributed by atoms with E-state index in [4.69, 9.17) is 17.3 Å². The molecule has 0 spiro atoms. The van der Waals surface area contributed by atoms with Gasteiger partial charge in [-0.2, -0.15) is 0 Å². The summed E-state index contributed by atoms with van der Waals surface area (Å²) in [5, 5.41) is 0.746. The Bertz CT molecular complexity index is 425. The molecule has 2 nitrogen and oxygen atoms in total. The maximum atomic E-state index is 6.33. The summed E-state index contributed by atoms with van der Waals surface area (Å²) in [7, 11) is 0. The first kappa shape index (κ1) is 19.0. The first-order valence-electron chi connectivity index (χ1n) is 7.72. The molecule has 1 rings (SSSR count). The van der Waals surface area contributed by atoms with E-state index in [2.05, 4.69) is 48.5 Å². The van der Waals surface area contributed by atoms with E-state index in [1.165, 1.54) is 0 Å². The number of nitrogens with zero attached hydrogens (tertiary/aromatic N) is 1. The zero-order valence-electron chi connectivity index (χ0n) is 13.6. The predicted molar refractivity (Wildman–Crippen MR) is 96.8 cm³/mol. The van der Waals surface area contributed by atoms with E-state index >= 15 is 0 Å². The molecule has 2 N–H and O–H groups in total. The normalized spacial score (nSPS) is 13.4. The highest BCUT2D eigenvalue weighted by atomic mass is 79.9. The Morgan fingerprint density at radius 3 is 2.19 bits per heavy atom. The summed E-state index contributed by atoms with van der Waals surface area (Å²) in [6.07, 6.45) is 0.931. The average molecular weight is 376 g/mol. The van der Waals surface area contributed by atoms with Crippen LogP contribution in [0.5, 0.6) is 0 Å². The monoisotopic (exact) mass is 374 g/mol. The van der Waals surface area contributed by atoms with Gasteiger partial charge in [0.2, 0.25) is 0 Å². The molecule has 0 saturated carbocycles. The fraction of sp³-hybridized carbons (Fsp3) is 0.647. The highest BCUT2D eigenvalue weighted by Crippen LogP contribution is 2.27. The molecule has 1 aromatic carbocycles. The summed E-state index contributed by atoms with van der Waals surface area (Å²) < 4.78 is 0.990. The van der Waals surface area contributed by atoms with Crippen LogP contribution in [0, 0.1) is 11.8 Å². The quantitative estimate of drug-likeness (QED) is 0.684. The van der Waals surface area contributed by atoms with Gasteiger partial charge in [-0.25, -0.2) is 0 Å². The summed E-state index contributed by atoms with van der Waals surface area (Å²) >= 11 is 9.71. The van der Waals surface area contributed by atoms with Crippen LogP contribution < -0.4 is 5.73 Å². The lowest BCUT2D eigenvalue weighted by molar-refractivity contribution is 0.212. The third-order valence-electron chi connectivity index (χ3n) is 3.36. The van der Waals surface area contributed by atoms with Crippen molar-refractivity contribution in [2.45, 2.75) is 40.2 Å². The summed E-state index contributed by atoms with van der Waals surface area (Å²) in [6.45, 7) is 12.3. The molecule has 1 aromatic rings. The maximum absolute atomic E-state index is 6.33. The molecule has 1 unspecified atom stereocenters. The summed E-state index contributed by atoms with van der Waals surface area (Å²) in [6, 6.07) is 5.93. The van der Waals surface area contributed by atoms with E-state index in [1.807, 2.05) is 18.2 Å². The van der Waals surface area contributed by atoms with Gasteiger partial charge in [-0.15, -0.1) is 0 Å². The standard InChI is InChI=1S/C17H28BrClN2/c1-12(2)10-21(11-13(3)4)8-7-17(20)15-6-5-14(18)9-16(15)19/h5-6,9,12-13,17H,7-8,10-11,20H2,1-4H3. The van der Waals surface area contributed by atoms with Crippen LogP contribution in [0.4, 0.5) is 0 Å². The molecule has 0 saturated heterocycles. The van der Waals surface area contributed by atoms with Gasteiger partial charge in [0.15, 0.2) is 0 Å². The Morgan fingerprint density at radius 2 is 1.71 bits per heavy atom. The Labute approximate surface area is 143 Å². The second kappa shape index (κ2) is 9.14. The smallest absolute Gasteiger partial charge is 0.0464 e. The van der Waals surface area contributed by atoms with Crippen LogP contribution in [0.2, 0.25) is 5.02 Å².